The second-order valence-corrected chi connectivity index (χ2v) is 9.50. The standard InChI is InChI=1S/C24H28F2N4O2/c1-24(2,3)15(14-31)11-21(32)18-13-27-30-10-8-22(28-23(18)30)29-9-4-5-20(29)17-12-16(25)6-7-19(17)26/h6-8,10,12-13,15,20,31H,4-5,9,11,14H2,1-3H3/t15-,20-/m1/s1. The SMILES string of the molecule is CC(C)(C)[C@@H](CO)CC(=O)c1cnn2ccc(N3CCC[C@@H]3c3cc(F)ccc3F)nc12. The number of fused-ring (bicyclic) bond motifs is 1. The van der Waals surface area contributed by atoms with E-state index in [0.29, 0.717) is 35.6 Å². The molecule has 0 bridgehead atoms. The zero-order valence-corrected chi connectivity index (χ0v) is 18.6. The topological polar surface area (TPSA) is 70.7 Å². The normalized spacial score (nSPS) is 17.8. The van der Waals surface area contributed by atoms with Gasteiger partial charge in [0, 0.05) is 31.3 Å². The van der Waals surface area contributed by atoms with Crippen molar-refractivity contribution in [3.8, 4) is 0 Å². The van der Waals surface area contributed by atoms with Crippen LogP contribution in [0.4, 0.5) is 14.6 Å². The molecule has 3 heterocycles. The molecule has 170 valence electrons. The lowest BCUT2D eigenvalue weighted by Gasteiger charge is -2.28. The molecular weight excluding hydrogens is 414 g/mol. The summed E-state index contributed by atoms with van der Waals surface area (Å²) in [6.45, 7) is 6.55. The van der Waals surface area contributed by atoms with E-state index in [1.54, 1.807) is 12.3 Å². The highest BCUT2D eigenvalue weighted by Crippen LogP contribution is 2.37. The predicted molar refractivity (Wildman–Crippen MR) is 118 cm³/mol. The van der Waals surface area contributed by atoms with E-state index in [4.69, 9.17) is 0 Å². The van der Waals surface area contributed by atoms with Gasteiger partial charge in [-0.15, -0.1) is 0 Å². The number of ketones is 1. The highest BCUT2D eigenvalue weighted by Gasteiger charge is 2.31. The second kappa shape index (κ2) is 8.58. The van der Waals surface area contributed by atoms with E-state index in [2.05, 4.69) is 10.1 Å². The van der Waals surface area contributed by atoms with Gasteiger partial charge in [0.2, 0.25) is 0 Å². The molecule has 1 aliphatic rings. The number of rotatable bonds is 6. The average Bonchev–Trinajstić information content (AvgIpc) is 3.39. The number of anilines is 1. The van der Waals surface area contributed by atoms with Gasteiger partial charge in [-0.2, -0.15) is 5.10 Å². The van der Waals surface area contributed by atoms with E-state index >= 15 is 0 Å². The zero-order chi connectivity index (χ0) is 23.0. The first-order chi connectivity index (χ1) is 15.2. The summed E-state index contributed by atoms with van der Waals surface area (Å²) in [4.78, 5) is 19.7. The van der Waals surface area contributed by atoms with Crippen molar-refractivity contribution < 1.29 is 18.7 Å². The maximum absolute atomic E-state index is 14.4. The number of benzene rings is 1. The van der Waals surface area contributed by atoms with Crippen molar-refractivity contribution in [3.05, 3.63) is 59.4 Å². The molecule has 6 nitrogen and oxygen atoms in total. The van der Waals surface area contributed by atoms with Crippen LogP contribution < -0.4 is 4.90 Å². The number of hydrogen-bond acceptors (Lipinski definition) is 5. The Morgan fingerprint density at radius 1 is 1.28 bits per heavy atom. The van der Waals surface area contributed by atoms with Crippen LogP contribution in [0.25, 0.3) is 5.65 Å². The van der Waals surface area contributed by atoms with Gasteiger partial charge in [-0.25, -0.2) is 18.3 Å². The van der Waals surface area contributed by atoms with Crippen LogP contribution in [0.3, 0.4) is 0 Å². The number of aliphatic hydroxyl groups excluding tert-OH is 1. The minimum atomic E-state index is -0.474. The molecule has 0 radical (unpaired) electrons. The smallest absolute Gasteiger partial charge is 0.168 e. The molecule has 2 aromatic heterocycles. The Morgan fingerprint density at radius 3 is 2.78 bits per heavy atom. The van der Waals surface area contributed by atoms with Crippen molar-refractivity contribution in [2.75, 3.05) is 18.1 Å². The van der Waals surface area contributed by atoms with Gasteiger partial charge in [0.05, 0.1) is 17.8 Å². The van der Waals surface area contributed by atoms with Crippen molar-refractivity contribution in [3.63, 3.8) is 0 Å². The van der Waals surface area contributed by atoms with Gasteiger partial charge in [0.25, 0.3) is 0 Å². The fraction of sp³-hybridized carbons (Fsp3) is 0.458. The van der Waals surface area contributed by atoms with E-state index in [1.807, 2.05) is 25.7 Å². The first-order valence-corrected chi connectivity index (χ1v) is 10.9. The van der Waals surface area contributed by atoms with E-state index in [1.165, 1.54) is 16.8 Å². The third kappa shape index (κ3) is 4.24. The minimum absolute atomic E-state index is 0.0816. The van der Waals surface area contributed by atoms with Gasteiger partial charge >= 0.3 is 0 Å². The molecule has 3 aromatic rings. The summed E-state index contributed by atoms with van der Waals surface area (Å²) in [6, 6.07) is 4.95. The van der Waals surface area contributed by atoms with E-state index in [9.17, 15) is 18.7 Å². The summed E-state index contributed by atoms with van der Waals surface area (Å²) in [5.74, 6) is -0.646. The molecule has 1 saturated heterocycles. The van der Waals surface area contributed by atoms with Crippen LogP contribution in [0, 0.1) is 23.0 Å². The molecule has 1 N–H and O–H groups in total. The molecule has 8 heteroatoms. The third-order valence-electron chi connectivity index (χ3n) is 6.40. The number of hydrogen-bond donors (Lipinski definition) is 1. The lowest BCUT2D eigenvalue weighted by Crippen LogP contribution is -2.26. The zero-order valence-electron chi connectivity index (χ0n) is 18.6. The van der Waals surface area contributed by atoms with Gasteiger partial charge in [-0.3, -0.25) is 4.79 Å². The van der Waals surface area contributed by atoms with Gasteiger partial charge < -0.3 is 10.0 Å². The molecule has 0 unspecified atom stereocenters. The Morgan fingerprint density at radius 2 is 2.06 bits per heavy atom. The third-order valence-corrected chi connectivity index (χ3v) is 6.40. The lowest BCUT2D eigenvalue weighted by molar-refractivity contribution is 0.0819. The number of Topliss-reactive ketones (excluding diaryl/α,β-unsaturated/α-hetero) is 1. The number of carbonyl (C=O) groups excluding carboxylic acids is 1. The van der Waals surface area contributed by atoms with Gasteiger partial charge in [0.15, 0.2) is 11.4 Å². The number of aliphatic hydroxyl groups is 1. The van der Waals surface area contributed by atoms with Crippen molar-refractivity contribution in [2.45, 2.75) is 46.1 Å². The van der Waals surface area contributed by atoms with Crippen LogP contribution in [0.5, 0.6) is 0 Å². The number of aromatic nitrogens is 3. The molecule has 32 heavy (non-hydrogen) atoms. The Hall–Kier alpha value is -2.87. The number of carbonyl (C=O) groups is 1. The second-order valence-electron chi connectivity index (χ2n) is 9.50. The van der Waals surface area contributed by atoms with Crippen LogP contribution >= 0.6 is 0 Å². The highest BCUT2D eigenvalue weighted by atomic mass is 19.1. The molecule has 2 atom stereocenters. The minimum Gasteiger partial charge on any atom is -0.396 e. The molecule has 0 aliphatic carbocycles. The van der Waals surface area contributed by atoms with Crippen LogP contribution in [-0.2, 0) is 0 Å². The maximum atomic E-state index is 14.4. The Kier molecular flexibility index (Phi) is 5.99. The highest BCUT2D eigenvalue weighted by molar-refractivity contribution is 6.01. The van der Waals surface area contributed by atoms with Crippen molar-refractivity contribution in [1.82, 2.24) is 14.6 Å². The monoisotopic (exact) mass is 442 g/mol. The van der Waals surface area contributed by atoms with Crippen LogP contribution in [0.15, 0.2) is 36.7 Å². The van der Waals surface area contributed by atoms with E-state index in [-0.39, 0.29) is 36.2 Å². The molecule has 1 fully saturated rings. The summed E-state index contributed by atoms with van der Waals surface area (Å²) in [7, 11) is 0. The Labute approximate surface area is 185 Å². The predicted octanol–water partition coefficient (Wildman–Crippen LogP) is 4.58. The fourth-order valence-corrected chi connectivity index (χ4v) is 4.33. The van der Waals surface area contributed by atoms with Crippen LogP contribution in [0.1, 0.15) is 62.0 Å². The number of halogens is 2. The Balaban J connectivity index is 1.66. The summed E-state index contributed by atoms with van der Waals surface area (Å²) in [5, 5.41) is 14.0. The average molecular weight is 443 g/mol. The molecule has 1 aromatic carbocycles. The largest absolute Gasteiger partial charge is 0.396 e. The van der Waals surface area contributed by atoms with Gasteiger partial charge in [-0.05, 0) is 48.4 Å². The molecule has 0 amide bonds. The quantitative estimate of drug-likeness (QED) is 0.566. The molecule has 4 rings (SSSR count). The van der Waals surface area contributed by atoms with E-state index < -0.39 is 11.6 Å². The van der Waals surface area contributed by atoms with Crippen molar-refractivity contribution in [1.29, 1.82) is 0 Å². The summed E-state index contributed by atoms with van der Waals surface area (Å²) >= 11 is 0. The van der Waals surface area contributed by atoms with Crippen molar-refractivity contribution >= 4 is 17.2 Å². The first kappa shape index (κ1) is 22.3. The van der Waals surface area contributed by atoms with Crippen LogP contribution in [0.2, 0.25) is 0 Å². The molecule has 0 spiro atoms. The molecule has 1 aliphatic heterocycles. The van der Waals surface area contributed by atoms with Gasteiger partial charge in [-0.1, -0.05) is 20.8 Å². The fourth-order valence-electron chi connectivity index (χ4n) is 4.33. The summed E-state index contributed by atoms with van der Waals surface area (Å²) in [6.07, 6.45) is 4.91. The lowest BCUT2D eigenvalue weighted by atomic mass is 9.78. The molecular formula is C24H28F2N4O2. The van der Waals surface area contributed by atoms with E-state index in [0.717, 1.165) is 18.6 Å². The maximum Gasteiger partial charge on any atom is 0.168 e. The van der Waals surface area contributed by atoms with Gasteiger partial charge in [0.1, 0.15) is 17.5 Å². The van der Waals surface area contributed by atoms with Crippen molar-refractivity contribution in [2.24, 2.45) is 11.3 Å². The molecule has 0 saturated carbocycles. The first-order valence-electron chi connectivity index (χ1n) is 10.9. The Bertz CT molecular complexity index is 1140. The summed E-state index contributed by atoms with van der Waals surface area (Å²) in [5.41, 5.74) is 0.902. The summed E-state index contributed by atoms with van der Waals surface area (Å²) < 4.78 is 29.8. The van der Waals surface area contributed by atoms with Crippen LogP contribution in [-0.4, -0.2) is 38.6 Å². The number of nitrogens with zero attached hydrogens (tertiary/aromatic N) is 4.